The molecular weight excluding hydrogens is 297 g/mol. The summed E-state index contributed by atoms with van der Waals surface area (Å²) in [7, 11) is 0. The summed E-state index contributed by atoms with van der Waals surface area (Å²) < 4.78 is 45.1. The van der Waals surface area contributed by atoms with E-state index in [1.54, 1.807) is 6.92 Å². The van der Waals surface area contributed by atoms with E-state index in [1.807, 2.05) is 0 Å². The zero-order chi connectivity index (χ0) is 14.8. The van der Waals surface area contributed by atoms with Crippen molar-refractivity contribution in [2.45, 2.75) is 13.3 Å². The fourth-order valence-electron chi connectivity index (χ4n) is 1.39. The molecule has 1 aromatic heterocycles. The van der Waals surface area contributed by atoms with Crippen LogP contribution in [0.5, 0.6) is 17.4 Å². The lowest BCUT2D eigenvalue weighted by atomic mass is 10.3. The highest BCUT2D eigenvalue weighted by Gasteiger charge is 2.30. The molecule has 20 heavy (non-hydrogen) atoms. The molecule has 4 nitrogen and oxygen atoms in total. The van der Waals surface area contributed by atoms with Crippen LogP contribution in [-0.4, -0.2) is 16.3 Å². The molecule has 0 radical (unpaired) electrons. The molecule has 0 fully saturated rings. The zero-order valence-corrected chi connectivity index (χ0v) is 10.9. The normalized spacial score (nSPS) is 11.2. The molecule has 0 amide bonds. The zero-order valence-electron chi connectivity index (χ0n) is 10.1. The van der Waals surface area contributed by atoms with Gasteiger partial charge < -0.3 is 9.47 Å². The molecule has 106 valence electrons. The molecule has 1 aromatic carbocycles. The maximum atomic E-state index is 12.0. The van der Waals surface area contributed by atoms with E-state index >= 15 is 0 Å². The topological polar surface area (TPSA) is 44.2 Å². The first-order valence-electron chi connectivity index (χ1n) is 5.37. The number of nitrogens with zero attached hydrogens (tertiary/aromatic N) is 2. The quantitative estimate of drug-likeness (QED) is 0.800. The molecular formula is C12H8ClF3N2O2. The smallest absolute Gasteiger partial charge is 0.439 e. The third kappa shape index (κ3) is 4.27. The fraction of sp³-hybridized carbons (Fsp3) is 0.167. The summed E-state index contributed by atoms with van der Waals surface area (Å²) in [6.45, 7) is 1.64. The lowest BCUT2D eigenvalue weighted by molar-refractivity contribution is -0.274. The number of aryl methyl sites for hydroxylation is 1. The Morgan fingerprint density at radius 2 is 1.65 bits per heavy atom. The predicted molar refractivity (Wildman–Crippen MR) is 65.0 cm³/mol. The minimum absolute atomic E-state index is 0.201. The van der Waals surface area contributed by atoms with Gasteiger partial charge in [0.2, 0.25) is 5.88 Å². The van der Waals surface area contributed by atoms with Crippen LogP contribution in [0.25, 0.3) is 0 Å². The SMILES string of the molecule is Cc1nc(Cl)cc(Oc2ccc(OC(F)(F)F)cc2)n1. The van der Waals surface area contributed by atoms with Gasteiger partial charge in [0.05, 0.1) is 0 Å². The van der Waals surface area contributed by atoms with E-state index in [0.717, 1.165) is 12.1 Å². The highest BCUT2D eigenvalue weighted by molar-refractivity contribution is 6.29. The van der Waals surface area contributed by atoms with Crippen LogP contribution < -0.4 is 9.47 Å². The molecule has 1 heterocycles. The van der Waals surface area contributed by atoms with Crippen LogP contribution in [0, 0.1) is 6.92 Å². The van der Waals surface area contributed by atoms with Gasteiger partial charge in [-0.3, -0.25) is 0 Å². The monoisotopic (exact) mass is 304 g/mol. The second kappa shape index (κ2) is 5.54. The lowest BCUT2D eigenvalue weighted by Gasteiger charge is -2.09. The number of benzene rings is 1. The van der Waals surface area contributed by atoms with Gasteiger partial charge in [0.25, 0.3) is 0 Å². The van der Waals surface area contributed by atoms with Crippen molar-refractivity contribution in [2.75, 3.05) is 0 Å². The highest BCUT2D eigenvalue weighted by atomic mass is 35.5. The van der Waals surface area contributed by atoms with Crippen molar-refractivity contribution in [3.05, 3.63) is 41.3 Å². The Hall–Kier alpha value is -2.02. The number of hydrogen-bond donors (Lipinski definition) is 0. The Morgan fingerprint density at radius 3 is 2.20 bits per heavy atom. The summed E-state index contributed by atoms with van der Waals surface area (Å²) in [5, 5.41) is 0.213. The second-order valence-electron chi connectivity index (χ2n) is 3.70. The number of halogens is 4. The van der Waals surface area contributed by atoms with E-state index in [0.29, 0.717) is 11.6 Å². The summed E-state index contributed by atoms with van der Waals surface area (Å²) in [5.74, 6) is 0.590. The molecule has 2 rings (SSSR count). The van der Waals surface area contributed by atoms with Gasteiger partial charge in [0, 0.05) is 6.07 Å². The van der Waals surface area contributed by atoms with Crippen LogP contribution in [0.3, 0.4) is 0 Å². The minimum Gasteiger partial charge on any atom is -0.439 e. The Labute approximate surface area is 117 Å². The van der Waals surface area contributed by atoms with E-state index < -0.39 is 6.36 Å². The van der Waals surface area contributed by atoms with Gasteiger partial charge in [-0.25, -0.2) is 4.98 Å². The molecule has 0 atom stereocenters. The summed E-state index contributed by atoms with van der Waals surface area (Å²) in [5.41, 5.74) is 0. The molecule has 0 spiro atoms. The van der Waals surface area contributed by atoms with Gasteiger partial charge in [0.1, 0.15) is 22.5 Å². The molecule has 0 aliphatic heterocycles. The molecule has 0 saturated heterocycles. The van der Waals surface area contributed by atoms with E-state index in [1.165, 1.54) is 18.2 Å². The van der Waals surface area contributed by atoms with Crippen molar-refractivity contribution in [1.82, 2.24) is 9.97 Å². The Kier molecular flexibility index (Phi) is 3.99. The summed E-state index contributed by atoms with van der Waals surface area (Å²) in [4.78, 5) is 7.84. The molecule has 2 aromatic rings. The van der Waals surface area contributed by atoms with Crippen LogP contribution in [0.15, 0.2) is 30.3 Å². The minimum atomic E-state index is -4.72. The first-order valence-corrected chi connectivity index (χ1v) is 5.74. The van der Waals surface area contributed by atoms with Gasteiger partial charge >= 0.3 is 6.36 Å². The maximum absolute atomic E-state index is 12.0. The van der Waals surface area contributed by atoms with Gasteiger partial charge in [-0.2, -0.15) is 4.98 Å². The van der Waals surface area contributed by atoms with Crippen LogP contribution in [0.4, 0.5) is 13.2 Å². The van der Waals surface area contributed by atoms with Gasteiger partial charge in [0.15, 0.2) is 0 Å². The standard InChI is InChI=1S/C12H8ClF3N2O2/c1-7-17-10(13)6-11(18-7)19-8-2-4-9(5-3-8)20-12(14,15)16/h2-6H,1H3. The van der Waals surface area contributed by atoms with E-state index in [-0.39, 0.29) is 16.8 Å². The molecule has 0 aliphatic rings. The Bertz CT molecular complexity index is 582. The van der Waals surface area contributed by atoms with Crippen molar-refractivity contribution in [3.8, 4) is 17.4 Å². The van der Waals surface area contributed by atoms with E-state index in [4.69, 9.17) is 16.3 Å². The lowest BCUT2D eigenvalue weighted by Crippen LogP contribution is -2.16. The average Bonchev–Trinajstić information content (AvgIpc) is 2.28. The van der Waals surface area contributed by atoms with Crippen LogP contribution >= 0.6 is 11.6 Å². The van der Waals surface area contributed by atoms with Crippen LogP contribution in [-0.2, 0) is 0 Å². The van der Waals surface area contributed by atoms with Crippen molar-refractivity contribution < 1.29 is 22.6 Å². The van der Waals surface area contributed by atoms with Crippen molar-refractivity contribution in [1.29, 1.82) is 0 Å². The summed E-state index contributed by atoms with van der Waals surface area (Å²) in [6, 6.07) is 6.32. The Morgan fingerprint density at radius 1 is 1.05 bits per heavy atom. The molecule has 8 heteroatoms. The third-order valence-corrected chi connectivity index (χ3v) is 2.26. The van der Waals surface area contributed by atoms with Crippen molar-refractivity contribution >= 4 is 11.6 Å². The van der Waals surface area contributed by atoms with E-state index in [9.17, 15) is 13.2 Å². The molecule has 0 unspecified atom stereocenters. The van der Waals surface area contributed by atoms with Gasteiger partial charge in [-0.1, -0.05) is 11.6 Å². The summed E-state index contributed by atoms with van der Waals surface area (Å²) >= 11 is 5.74. The number of alkyl halides is 3. The molecule has 0 saturated carbocycles. The van der Waals surface area contributed by atoms with Crippen LogP contribution in [0.1, 0.15) is 5.82 Å². The van der Waals surface area contributed by atoms with Gasteiger partial charge in [-0.05, 0) is 31.2 Å². The van der Waals surface area contributed by atoms with Crippen LogP contribution in [0.2, 0.25) is 5.15 Å². The fourth-order valence-corrected chi connectivity index (χ4v) is 1.60. The maximum Gasteiger partial charge on any atom is 0.573 e. The highest BCUT2D eigenvalue weighted by Crippen LogP contribution is 2.27. The summed E-state index contributed by atoms with van der Waals surface area (Å²) in [6.07, 6.45) is -4.72. The molecule has 0 aliphatic carbocycles. The van der Waals surface area contributed by atoms with Crippen molar-refractivity contribution in [2.24, 2.45) is 0 Å². The third-order valence-electron chi connectivity index (χ3n) is 2.06. The van der Waals surface area contributed by atoms with Crippen molar-refractivity contribution in [3.63, 3.8) is 0 Å². The van der Waals surface area contributed by atoms with E-state index in [2.05, 4.69) is 14.7 Å². The first-order chi connectivity index (χ1) is 9.32. The predicted octanol–water partition coefficient (Wildman–Crippen LogP) is 4.13. The van der Waals surface area contributed by atoms with Gasteiger partial charge in [-0.15, -0.1) is 13.2 Å². The largest absolute Gasteiger partial charge is 0.573 e. The average molecular weight is 305 g/mol. The molecule has 0 N–H and O–H groups in total. The first kappa shape index (κ1) is 14.4. The molecule has 0 bridgehead atoms. The number of ether oxygens (including phenoxy) is 2. The second-order valence-corrected chi connectivity index (χ2v) is 4.08. The Balaban J connectivity index is 2.10. The number of rotatable bonds is 3. The number of aromatic nitrogens is 2. The number of hydrogen-bond acceptors (Lipinski definition) is 4.